The third-order valence-corrected chi connectivity index (χ3v) is 4.12. The Bertz CT molecular complexity index is 386. The molecule has 18 heavy (non-hydrogen) atoms. The highest BCUT2D eigenvalue weighted by atomic mass is 16.5. The average Bonchev–Trinajstić information content (AvgIpc) is 3.10. The minimum Gasteiger partial charge on any atom is -0.338 e. The highest BCUT2D eigenvalue weighted by Gasteiger charge is 2.33. The van der Waals surface area contributed by atoms with E-state index in [1.54, 1.807) is 0 Å². The summed E-state index contributed by atoms with van der Waals surface area (Å²) in [4.78, 5) is 6.84. The van der Waals surface area contributed by atoms with Crippen molar-refractivity contribution in [2.75, 3.05) is 24.5 Å². The summed E-state index contributed by atoms with van der Waals surface area (Å²) in [6.45, 7) is 5.30. The molecule has 5 heteroatoms. The Labute approximate surface area is 108 Å². The fraction of sp³-hybridized carbons (Fsp3) is 0.846. The molecule has 1 saturated carbocycles. The highest BCUT2D eigenvalue weighted by Crippen LogP contribution is 2.34. The van der Waals surface area contributed by atoms with Gasteiger partial charge in [-0.25, -0.2) is 0 Å². The van der Waals surface area contributed by atoms with Crippen LogP contribution >= 0.6 is 0 Å². The van der Waals surface area contributed by atoms with Gasteiger partial charge in [0, 0.05) is 19.1 Å². The van der Waals surface area contributed by atoms with E-state index in [9.17, 15) is 0 Å². The van der Waals surface area contributed by atoms with Crippen LogP contribution in [0.15, 0.2) is 4.52 Å². The largest absolute Gasteiger partial charge is 0.338 e. The molecule has 2 fully saturated rings. The highest BCUT2D eigenvalue weighted by molar-refractivity contribution is 5.29. The van der Waals surface area contributed by atoms with Crippen molar-refractivity contribution in [3.63, 3.8) is 0 Å². The lowest BCUT2D eigenvalue weighted by atomic mass is 10.0. The normalized spacial score (nSPS) is 28.2. The minimum atomic E-state index is 0.411. The molecule has 2 heterocycles. The van der Waals surface area contributed by atoms with E-state index >= 15 is 0 Å². The lowest BCUT2D eigenvalue weighted by molar-refractivity contribution is 0.331. The summed E-state index contributed by atoms with van der Waals surface area (Å²) in [5, 5.41) is 7.68. The summed E-state index contributed by atoms with van der Waals surface area (Å²) in [6.07, 6.45) is 6.13. The first kappa shape index (κ1) is 12.0. The Morgan fingerprint density at radius 3 is 2.89 bits per heavy atom. The zero-order chi connectivity index (χ0) is 12.4. The van der Waals surface area contributed by atoms with E-state index in [4.69, 9.17) is 4.52 Å². The molecule has 1 N–H and O–H groups in total. The summed E-state index contributed by atoms with van der Waals surface area (Å²) in [5.74, 6) is 2.04. The molecule has 1 aliphatic heterocycles. The number of hydrogen-bond donors (Lipinski definition) is 1. The maximum absolute atomic E-state index is 5.49. The second-order valence-electron chi connectivity index (χ2n) is 5.33. The molecule has 0 radical (unpaired) electrons. The van der Waals surface area contributed by atoms with Crippen LogP contribution in [0.5, 0.6) is 0 Å². The monoisotopic (exact) mass is 250 g/mol. The lowest BCUT2D eigenvalue weighted by Crippen LogP contribution is -2.31. The lowest BCUT2D eigenvalue weighted by Gasteiger charge is -2.16. The first-order valence-corrected chi connectivity index (χ1v) is 7.20. The number of hydrogen-bond acceptors (Lipinski definition) is 5. The number of rotatable bonds is 4. The number of anilines is 1. The van der Waals surface area contributed by atoms with Crippen LogP contribution in [0.2, 0.25) is 0 Å². The first-order valence-electron chi connectivity index (χ1n) is 7.20. The molecule has 2 atom stereocenters. The van der Waals surface area contributed by atoms with Gasteiger partial charge in [-0.1, -0.05) is 13.3 Å². The second-order valence-corrected chi connectivity index (χ2v) is 5.33. The van der Waals surface area contributed by atoms with E-state index in [1.807, 2.05) is 0 Å². The van der Waals surface area contributed by atoms with Crippen molar-refractivity contribution in [3.05, 3.63) is 5.89 Å². The molecular formula is C13H22N4O. The predicted octanol–water partition coefficient (Wildman–Crippen LogP) is 1.92. The molecule has 2 aliphatic rings. The Balaban J connectivity index is 1.71. The third kappa shape index (κ3) is 2.23. The second kappa shape index (κ2) is 5.26. The molecule has 100 valence electrons. The molecule has 1 aromatic rings. The van der Waals surface area contributed by atoms with Crippen molar-refractivity contribution < 1.29 is 4.52 Å². The fourth-order valence-corrected chi connectivity index (χ4v) is 3.19. The Morgan fingerprint density at radius 2 is 2.11 bits per heavy atom. The summed E-state index contributed by atoms with van der Waals surface area (Å²) in [5.41, 5.74) is 0. The van der Waals surface area contributed by atoms with Crippen molar-refractivity contribution in [3.8, 4) is 0 Å². The number of nitrogens with one attached hydrogen (secondary N) is 1. The molecule has 5 nitrogen and oxygen atoms in total. The zero-order valence-corrected chi connectivity index (χ0v) is 11.1. The van der Waals surface area contributed by atoms with Crippen LogP contribution in [0.25, 0.3) is 0 Å². The molecule has 1 aromatic heterocycles. The van der Waals surface area contributed by atoms with Gasteiger partial charge in [0.2, 0.25) is 5.89 Å². The molecule has 2 unspecified atom stereocenters. The van der Waals surface area contributed by atoms with Crippen molar-refractivity contribution in [1.82, 2.24) is 15.5 Å². The summed E-state index contributed by atoms with van der Waals surface area (Å²) >= 11 is 0. The zero-order valence-electron chi connectivity index (χ0n) is 11.1. The summed E-state index contributed by atoms with van der Waals surface area (Å²) in [7, 11) is 0. The Hall–Kier alpha value is -1.10. The van der Waals surface area contributed by atoms with Gasteiger partial charge < -0.3 is 14.7 Å². The van der Waals surface area contributed by atoms with E-state index in [2.05, 4.69) is 27.3 Å². The fourth-order valence-electron chi connectivity index (χ4n) is 3.19. The standard InChI is InChI=1S/C13H22N4O/c1-2-14-11-7-5-6-10(11)12-15-13(16-18-12)17-8-3-4-9-17/h10-11,14H,2-9H2,1H3. The van der Waals surface area contributed by atoms with Crippen LogP contribution < -0.4 is 10.2 Å². The summed E-state index contributed by atoms with van der Waals surface area (Å²) in [6, 6.07) is 0.516. The van der Waals surface area contributed by atoms with Gasteiger partial charge in [0.05, 0.1) is 5.92 Å². The molecule has 3 rings (SSSR count). The molecule has 0 bridgehead atoms. The van der Waals surface area contributed by atoms with Crippen LogP contribution in [0.1, 0.15) is 50.8 Å². The van der Waals surface area contributed by atoms with Gasteiger partial charge in [-0.2, -0.15) is 4.98 Å². The van der Waals surface area contributed by atoms with E-state index in [1.165, 1.54) is 32.1 Å². The Morgan fingerprint density at radius 1 is 1.28 bits per heavy atom. The first-order chi connectivity index (χ1) is 8.88. The van der Waals surface area contributed by atoms with E-state index in [-0.39, 0.29) is 0 Å². The van der Waals surface area contributed by atoms with Gasteiger partial charge in [0.1, 0.15) is 0 Å². The Kier molecular flexibility index (Phi) is 3.50. The van der Waals surface area contributed by atoms with Crippen LogP contribution in [-0.2, 0) is 0 Å². The van der Waals surface area contributed by atoms with Crippen LogP contribution in [0.3, 0.4) is 0 Å². The minimum absolute atomic E-state index is 0.411. The SMILES string of the molecule is CCNC1CCCC1c1nc(N2CCCC2)no1. The predicted molar refractivity (Wildman–Crippen MR) is 69.8 cm³/mol. The molecule has 1 aliphatic carbocycles. The molecule has 0 spiro atoms. The molecule has 1 saturated heterocycles. The number of likely N-dealkylation sites (N-methyl/N-ethyl adjacent to an activating group) is 1. The van der Waals surface area contributed by atoms with Gasteiger partial charge >= 0.3 is 0 Å². The molecule has 0 amide bonds. The smallest absolute Gasteiger partial charge is 0.266 e. The maximum Gasteiger partial charge on any atom is 0.266 e. The van der Waals surface area contributed by atoms with Crippen LogP contribution in [0, 0.1) is 0 Å². The number of nitrogens with zero attached hydrogens (tertiary/aromatic N) is 3. The summed E-state index contributed by atoms with van der Waals surface area (Å²) < 4.78 is 5.49. The van der Waals surface area contributed by atoms with Crippen molar-refractivity contribution in [2.45, 2.75) is 51.0 Å². The average molecular weight is 250 g/mol. The van der Waals surface area contributed by atoms with Gasteiger partial charge in [0.15, 0.2) is 0 Å². The van der Waals surface area contributed by atoms with Crippen LogP contribution in [-0.4, -0.2) is 35.8 Å². The van der Waals surface area contributed by atoms with E-state index < -0.39 is 0 Å². The van der Waals surface area contributed by atoms with Gasteiger partial charge in [-0.15, -0.1) is 0 Å². The van der Waals surface area contributed by atoms with E-state index in [0.717, 1.165) is 31.5 Å². The van der Waals surface area contributed by atoms with Crippen molar-refractivity contribution in [1.29, 1.82) is 0 Å². The van der Waals surface area contributed by atoms with Crippen LogP contribution in [0.4, 0.5) is 5.95 Å². The van der Waals surface area contributed by atoms with Crippen molar-refractivity contribution >= 4 is 5.95 Å². The van der Waals surface area contributed by atoms with Gasteiger partial charge in [0.25, 0.3) is 5.95 Å². The van der Waals surface area contributed by atoms with Gasteiger partial charge in [-0.3, -0.25) is 0 Å². The van der Waals surface area contributed by atoms with Crippen molar-refractivity contribution in [2.24, 2.45) is 0 Å². The molecule has 0 aromatic carbocycles. The van der Waals surface area contributed by atoms with Gasteiger partial charge in [-0.05, 0) is 37.4 Å². The maximum atomic E-state index is 5.49. The quantitative estimate of drug-likeness (QED) is 0.884. The third-order valence-electron chi connectivity index (χ3n) is 4.12. The number of aromatic nitrogens is 2. The topological polar surface area (TPSA) is 54.2 Å². The van der Waals surface area contributed by atoms with E-state index in [0.29, 0.717) is 12.0 Å². The molecular weight excluding hydrogens is 228 g/mol.